The Labute approximate surface area is 185 Å². The first kappa shape index (κ1) is 24.7. The Morgan fingerprint density at radius 2 is 1.86 bits per heavy atom. The lowest BCUT2D eigenvalue weighted by molar-refractivity contribution is 0.0600. The fourth-order valence-electron chi connectivity index (χ4n) is 3.70. The van der Waals surface area contributed by atoms with Gasteiger partial charge < -0.3 is 20.5 Å². The maximum atomic E-state index is 11.5. The van der Waals surface area contributed by atoms with Crippen molar-refractivity contribution in [3.63, 3.8) is 0 Å². The second kappa shape index (κ2) is 13.0. The fraction of sp³-hybridized carbons (Fsp3) is 0.619. The van der Waals surface area contributed by atoms with E-state index in [0.717, 1.165) is 43.9 Å². The number of nitrogens with zero attached hydrogens (tertiary/aromatic N) is 1. The van der Waals surface area contributed by atoms with E-state index in [-0.39, 0.29) is 42.0 Å². The van der Waals surface area contributed by atoms with Crippen LogP contribution >= 0.6 is 24.0 Å². The van der Waals surface area contributed by atoms with Gasteiger partial charge in [0.05, 0.1) is 19.2 Å². The Morgan fingerprint density at radius 3 is 2.43 bits per heavy atom. The number of hydrogen-bond donors (Lipinski definition) is 3. The number of guanidine groups is 1. The van der Waals surface area contributed by atoms with Crippen molar-refractivity contribution in [2.45, 2.75) is 52.0 Å². The van der Waals surface area contributed by atoms with E-state index in [9.17, 15) is 9.90 Å². The minimum absolute atomic E-state index is 0. The summed E-state index contributed by atoms with van der Waals surface area (Å²) < 4.78 is 4.72. The van der Waals surface area contributed by atoms with Crippen LogP contribution in [0.4, 0.5) is 0 Å². The topological polar surface area (TPSA) is 83.0 Å². The minimum atomic E-state index is -0.332. The average Bonchev–Trinajstić information content (AvgIpc) is 2.71. The van der Waals surface area contributed by atoms with Gasteiger partial charge in [-0.1, -0.05) is 31.4 Å². The first-order valence-corrected chi connectivity index (χ1v) is 9.93. The monoisotopic (exact) mass is 503 g/mol. The van der Waals surface area contributed by atoms with E-state index >= 15 is 0 Å². The lowest BCUT2D eigenvalue weighted by Gasteiger charge is -2.37. The number of benzene rings is 1. The molecule has 3 N–H and O–H groups in total. The lowest BCUT2D eigenvalue weighted by atomic mass is 9.72. The zero-order chi connectivity index (χ0) is 19.5. The molecule has 1 fully saturated rings. The largest absolute Gasteiger partial charge is 0.465 e. The van der Waals surface area contributed by atoms with Gasteiger partial charge in [0.25, 0.3) is 0 Å². The second-order valence-electron chi connectivity index (χ2n) is 7.27. The predicted molar refractivity (Wildman–Crippen MR) is 123 cm³/mol. The van der Waals surface area contributed by atoms with Crippen LogP contribution in [0.25, 0.3) is 0 Å². The van der Waals surface area contributed by atoms with E-state index in [2.05, 4.69) is 15.6 Å². The zero-order valence-corrected chi connectivity index (χ0v) is 19.3. The van der Waals surface area contributed by atoms with Gasteiger partial charge in [-0.2, -0.15) is 0 Å². The summed E-state index contributed by atoms with van der Waals surface area (Å²) in [7, 11) is 1.38. The number of carbonyl (C=O) groups excluding carboxylic acids is 1. The van der Waals surface area contributed by atoms with E-state index in [0.29, 0.717) is 12.1 Å². The van der Waals surface area contributed by atoms with Gasteiger partial charge in [0.1, 0.15) is 0 Å². The molecule has 0 heterocycles. The quantitative estimate of drug-likeness (QED) is 0.219. The van der Waals surface area contributed by atoms with Crippen LogP contribution in [-0.4, -0.2) is 43.8 Å². The van der Waals surface area contributed by atoms with E-state index < -0.39 is 0 Å². The van der Waals surface area contributed by atoms with Crippen molar-refractivity contribution in [3.8, 4) is 0 Å². The molecule has 0 atom stereocenters. The molecule has 158 valence electrons. The fourth-order valence-corrected chi connectivity index (χ4v) is 3.70. The molecule has 0 saturated heterocycles. The van der Waals surface area contributed by atoms with Crippen LogP contribution in [0.15, 0.2) is 29.3 Å². The normalized spacial score (nSPS) is 16.0. The maximum absolute atomic E-state index is 11.5. The molecule has 0 radical (unpaired) electrons. The highest BCUT2D eigenvalue weighted by Crippen LogP contribution is 2.38. The highest BCUT2D eigenvalue weighted by atomic mass is 127. The Balaban J connectivity index is 0.00000392. The highest BCUT2D eigenvalue weighted by molar-refractivity contribution is 14.0. The van der Waals surface area contributed by atoms with Gasteiger partial charge in [0.15, 0.2) is 5.96 Å². The van der Waals surface area contributed by atoms with E-state index in [1.54, 1.807) is 12.1 Å². The smallest absolute Gasteiger partial charge is 0.337 e. The zero-order valence-electron chi connectivity index (χ0n) is 17.0. The van der Waals surface area contributed by atoms with Gasteiger partial charge in [-0.25, -0.2) is 9.79 Å². The molecule has 0 aromatic heterocycles. The molecule has 1 aliphatic carbocycles. The van der Waals surface area contributed by atoms with Crippen molar-refractivity contribution in [1.82, 2.24) is 10.6 Å². The summed E-state index contributed by atoms with van der Waals surface area (Å²) in [6, 6.07) is 7.31. The second-order valence-corrected chi connectivity index (χ2v) is 7.27. The summed E-state index contributed by atoms with van der Waals surface area (Å²) in [6.45, 7) is 4.44. The van der Waals surface area contributed by atoms with Crippen LogP contribution in [0.5, 0.6) is 0 Å². The summed E-state index contributed by atoms with van der Waals surface area (Å²) in [6.07, 6.45) is 6.94. The SMILES string of the molecule is CCNC(=NCc1ccc(C(=O)OC)cc1)NCC1(CCO)CCCCC1.I. The summed E-state index contributed by atoms with van der Waals surface area (Å²) in [5.41, 5.74) is 1.74. The van der Waals surface area contributed by atoms with Gasteiger partial charge in [-0.05, 0) is 49.3 Å². The van der Waals surface area contributed by atoms with Gasteiger partial charge in [-0.15, -0.1) is 24.0 Å². The van der Waals surface area contributed by atoms with Gasteiger partial charge in [0.2, 0.25) is 0 Å². The number of hydrogen-bond acceptors (Lipinski definition) is 4. The van der Waals surface area contributed by atoms with Crippen LogP contribution in [0, 0.1) is 5.41 Å². The van der Waals surface area contributed by atoms with Crippen LogP contribution in [0.3, 0.4) is 0 Å². The van der Waals surface area contributed by atoms with E-state index in [4.69, 9.17) is 4.74 Å². The van der Waals surface area contributed by atoms with Crippen molar-refractivity contribution in [1.29, 1.82) is 0 Å². The summed E-state index contributed by atoms with van der Waals surface area (Å²) >= 11 is 0. The molecule has 1 aliphatic rings. The Bertz CT molecular complexity index is 608. The maximum Gasteiger partial charge on any atom is 0.337 e. The Kier molecular flexibility index (Phi) is 11.4. The molecular formula is C21H34IN3O3. The number of aliphatic imine (C=N–C) groups is 1. The Hall–Kier alpha value is -1.35. The Morgan fingerprint density at radius 1 is 1.18 bits per heavy atom. The average molecular weight is 503 g/mol. The van der Waals surface area contributed by atoms with Gasteiger partial charge >= 0.3 is 5.97 Å². The van der Waals surface area contributed by atoms with Crippen LogP contribution < -0.4 is 10.6 Å². The first-order valence-electron chi connectivity index (χ1n) is 9.93. The number of carbonyl (C=O) groups is 1. The summed E-state index contributed by atoms with van der Waals surface area (Å²) in [4.78, 5) is 16.2. The van der Waals surface area contributed by atoms with E-state index in [1.807, 2.05) is 19.1 Å². The molecule has 1 saturated carbocycles. The number of aliphatic hydroxyl groups excluding tert-OH is 1. The molecule has 0 amide bonds. The lowest BCUT2D eigenvalue weighted by Crippen LogP contribution is -2.44. The third-order valence-corrected chi connectivity index (χ3v) is 5.33. The molecular weight excluding hydrogens is 469 g/mol. The third kappa shape index (κ3) is 7.58. The molecule has 2 rings (SSSR count). The number of ether oxygens (including phenoxy) is 1. The minimum Gasteiger partial charge on any atom is -0.465 e. The van der Waals surface area contributed by atoms with Crippen molar-refractivity contribution < 1.29 is 14.6 Å². The number of esters is 1. The molecule has 0 bridgehead atoms. The molecule has 6 nitrogen and oxygen atoms in total. The van der Waals surface area contributed by atoms with Crippen LogP contribution in [-0.2, 0) is 11.3 Å². The van der Waals surface area contributed by atoms with Crippen LogP contribution in [0.1, 0.15) is 61.4 Å². The van der Waals surface area contributed by atoms with Crippen LogP contribution in [0.2, 0.25) is 0 Å². The standard InChI is InChI=1S/C21H33N3O3.HI/c1-3-22-20(24-16-21(13-14-25)11-5-4-6-12-21)23-15-17-7-9-18(10-8-17)19(26)27-2;/h7-10,25H,3-6,11-16H2,1-2H3,(H2,22,23,24);1H. The van der Waals surface area contributed by atoms with E-state index in [1.165, 1.54) is 26.4 Å². The number of aliphatic hydroxyl groups is 1. The molecule has 28 heavy (non-hydrogen) atoms. The van der Waals surface area contributed by atoms with Crippen molar-refractivity contribution >= 4 is 35.9 Å². The van der Waals surface area contributed by atoms with Crippen molar-refractivity contribution in [3.05, 3.63) is 35.4 Å². The molecule has 7 heteroatoms. The van der Waals surface area contributed by atoms with Crippen molar-refractivity contribution in [2.24, 2.45) is 10.4 Å². The molecule has 1 aromatic carbocycles. The summed E-state index contributed by atoms with van der Waals surface area (Å²) in [5, 5.41) is 16.2. The number of rotatable bonds is 8. The van der Waals surface area contributed by atoms with Gasteiger partial charge in [0, 0.05) is 19.7 Å². The first-order chi connectivity index (χ1) is 13.1. The molecule has 0 spiro atoms. The van der Waals surface area contributed by atoms with Gasteiger partial charge in [-0.3, -0.25) is 0 Å². The third-order valence-electron chi connectivity index (χ3n) is 5.33. The highest BCUT2D eigenvalue weighted by Gasteiger charge is 2.31. The predicted octanol–water partition coefficient (Wildman–Crippen LogP) is 3.48. The molecule has 1 aromatic rings. The number of halogens is 1. The number of methoxy groups -OCH3 is 1. The summed E-state index contributed by atoms with van der Waals surface area (Å²) in [5.74, 6) is 0.458. The number of nitrogens with one attached hydrogen (secondary N) is 2. The molecule has 0 aliphatic heterocycles. The van der Waals surface area contributed by atoms with Crippen molar-refractivity contribution in [2.75, 3.05) is 26.8 Å². The molecule has 0 unspecified atom stereocenters.